The Kier molecular flexibility index (Phi) is 6.08. The van der Waals surface area contributed by atoms with Crippen LogP contribution < -0.4 is 9.47 Å². The fraction of sp³-hybridized carbons (Fsp3) is 0.333. The fourth-order valence-electron chi connectivity index (χ4n) is 3.23. The Bertz CT molecular complexity index is 1060. The second-order valence-corrected chi connectivity index (χ2v) is 7.13. The Morgan fingerprint density at radius 3 is 2.58 bits per heavy atom. The van der Waals surface area contributed by atoms with E-state index in [9.17, 15) is 17.6 Å². The van der Waals surface area contributed by atoms with Gasteiger partial charge in [-0.15, -0.1) is 0 Å². The van der Waals surface area contributed by atoms with Gasteiger partial charge in [0.15, 0.2) is 11.5 Å². The van der Waals surface area contributed by atoms with Crippen molar-refractivity contribution in [1.29, 1.82) is 0 Å². The Hall–Kier alpha value is -3.14. The Labute approximate surface area is 175 Å². The van der Waals surface area contributed by atoms with Crippen molar-refractivity contribution in [3.05, 3.63) is 59.5 Å². The molecular formula is C21H19F4N3O3. The minimum absolute atomic E-state index is 0.105. The molecule has 0 radical (unpaired) electrons. The molecule has 1 heterocycles. The number of methoxy groups -OCH3 is 1. The molecule has 164 valence electrons. The fourth-order valence-corrected chi connectivity index (χ4v) is 3.23. The van der Waals surface area contributed by atoms with E-state index in [1.807, 2.05) is 4.90 Å². The van der Waals surface area contributed by atoms with Crippen LogP contribution in [0, 0.1) is 11.6 Å². The number of nitrogens with zero attached hydrogens (tertiary/aromatic N) is 3. The largest absolute Gasteiger partial charge is 0.493 e. The van der Waals surface area contributed by atoms with Crippen LogP contribution in [0.4, 0.5) is 17.6 Å². The maximum Gasteiger partial charge on any atom is 0.387 e. The minimum Gasteiger partial charge on any atom is -0.493 e. The van der Waals surface area contributed by atoms with Crippen molar-refractivity contribution in [2.24, 2.45) is 0 Å². The summed E-state index contributed by atoms with van der Waals surface area (Å²) in [5.41, 5.74) is 0.878. The monoisotopic (exact) mass is 437 g/mol. The second-order valence-electron chi connectivity index (χ2n) is 7.13. The molecule has 31 heavy (non-hydrogen) atoms. The SMILES string of the molecule is COc1cc(-c2noc(CN(Cc3ccc(F)cc3F)C3CC3)n2)ccc1OC(F)F. The number of aromatic nitrogens is 2. The molecule has 0 unspecified atom stereocenters. The van der Waals surface area contributed by atoms with E-state index in [0.717, 1.165) is 18.9 Å². The van der Waals surface area contributed by atoms with Crippen LogP contribution in [-0.4, -0.2) is 34.8 Å². The molecule has 0 atom stereocenters. The van der Waals surface area contributed by atoms with Crippen LogP contribution in [0.2, 0.25) is 0 Å². The molecule has 1 fully saturated rings. The minimum atomic E-state index is -2.98. The van der Waals surface area contributed by atoms with Crippen molar-refractivity contribution < 1.29 is 31.6 Å². The topological polar surface area (TPSA) is 60.6 Å². The predicted octanol–water partition coefficient (Wildman–Crippen LogP) is 4.79. The van der Waals surface area contributed by atoms with Crippen LogP contribution in [0.15, 0.2) is 40.9 Å². The van der Waals surface area contributed by atoms with Crippen molar-refractivity contribution in [1.82, 2.24) is 15.0 Å². The van der Waals surface area contributed by atoms with Crippen molar-refractivity contribution in [2.45, 2.75) is 38.6 Å². The van der Waals surface area contributed by atoms with Crippen LogP contribution >= 0.6 is 0 Å². The van der Waals surface area contributed by atoms with Gasteiger partial charge in [0.2, 0.25) is 11.7 Å². The van der Waals surface area contributed by atoms with Gasteiger partial charge in [0.1, 0.15) is 11.6 Å². The summed E-state index contributed by atoms with van der Waals surface area (Å²) in [6.45, 7) is -2.41. The smallest absolute Gasteiger partial charge is 0.387 e. The molecule has 6 nitrogen and oxygen atoms in total. The van der Waals surface area contributed by atoms with Crippen molar-refractivity contribution >= 4 is 0 Å². The van der Waals surface area contributed by atoms with E-state index in [1.54, 1.807) is 0 Å². The molecule has 0 saturated heterocycles. The number of hydrogen-bond acceptors (Lipinski definition) is 6. The summed E-state index contributed by atoms with van der Waals surface area (Å²) in [6.07, 6.45) is 1.93. The quantitative estimate of drug-likeness (QED) is 0.449. The number of alkyl halides is 2. The molecule has 0 spiro atoms. The zero-order valence-electron chi connectivity index (χ0n) is 16.5. The van der Waals surface area contributed by atoms with Gasteiger partial charge in [0.25, 0.3) is 0 Å². The molecule has 1 aliphatic rings. The molecule has 10 heteroatoms. The first-order chi connectivity index (χ1) is 14.9. The van der Waals surface area contributed by atoms with Crippen molar-refractivity contribution in [3.63, 3.8) is 0 Å². The highest BCUT2D eigenvalue weighted by Gasteiger charge is 2.31. The third kappa shape index (κ3) is 5.13. The van der Waals surface area contributed by atoms with Crippen LogP contribution in [-0.2, 0) is 13.1 Å². The molecule has 0 amide bonds. The molecule has 0 aliphatic heterocycles. The van der Waals surface area contributed by atoms with Crippen molar-refractivity contribution in [3.8, 4) is 22.9 Å². The molecule has 4 rings (SSSR count). The van der Waals surface area contributed by atoms with Gasteiger partial charge in [0.05, 0.1) is 13.7 Å². The maximum atomic E-state index is 14.1. The summed E-state index contributed by atoms with van der Waals surface area (Å²) in [5, 5.41) is 3.94. The number of halogens is 4. The van der Waals surface area contributed by atoms with Crippen LogP contribution in [0.25, 0.3) is 11.4 Å². The molecule has 1 aliphatic carbocycles. The zero-order valence-corrected chi connectivity index (χ0v) is 16.5. The van der Waals surface area contributed by atoms with E-state index in [0.29, 0.717) is 17.0 Å². The lowest BCUT2D eigenvalue weighted by Crippen LogP contribution is -2.25. The summed E-state index contributed by atoms with van der Waals surface area (Å²) in [5.74, 6) is -0.658. The van der Waals surface area contributed by atoms with Gasteiger partial charge in [-0.05, 0) is 37.1 Å². The third-order valence-corrected chi connectivity index (χ3v) is 4.90. The molecular weight excluding hydrogens is 418 g/mol. The highest BCUT2D eigenvalue weighted by molar-refractivity contribution is 5.60. The van der Waals surface area contributed by atoms with Crippen LogP contribution in [0.5, 0.6) is 11.5 Å². The number of hydrogen-bond donors (Lipinski definition) is 0. The first kappa shape index (κ1) is 21.1. The third-order valence-electron chi connectivity index (χ3n) is 4.90. The Morgan fingerprint density at radius 2 is 1.90 bits per heavy atom. The highest BCUT2D eigenvalue weighted by Crippen LogP contribution is 2.33. The summed E-state index contributed by atoms with van der Waals surface area (Å²) < 4.78 is 67.0. The summed E-state index contributed by atoms with van der Waals surface area (Å²) in [4.78, 5) is 6.35. The Balaban J connectivity index is 1.50. The molecule has 2 aromatic carbocycles. The average Bonchev–Trinajstić information content (AvgIpc) is 3.48. The Morgan fingerprint density at radius 1 is 1.10 bits per heavy atom. The lowest BCUT2D eigenvalue weighted by Gasteiger charge is -2.20. The predicted molar refractivity (Wildman–Crippen MR) is 102 cm³/mol. The molecule has 0 N–H and O–H groups in total. The standard InChI is InChI=1S/C21H19F4N3O3/c1-29-18-8-12(3-7-17(18)30-21(24)25)20-26-19(31-27-20)11-28(15-5-6-15)10-13-2-4-14(22)9-16(13)23/h2-4,7-9,15,21H,5-6,10-11H2,1H3. The zero-order chi connectivity index (χ0) is 22.0. The summed E-state index contributed by atoms with van der Waals surface area (Å²) >= 11 is 0. The first-order valence-electron chi connectivity index (χ1n) is 9.56. The average molecular weight is 437 g/mol. The van der Waals surface area contributed by atoms with E-state index in [2.05, 4.69) is 14.9 Å². The molecule has 3 aromatic rings. The van der Waals surface area contributed by atoms with Gasteiger partial charge in [-0.1, -0.05) is 11.2 Å². The number of rotatable bonds is 9. The van der Waals surface area contributed by atoms with Gasteiger partial charge in [-0.25, -0.2) is 8.78 Å². The normalized spacial score (nSPS) is 13.8. The van der Waals surface area contributed by atoms with Gasteiger partial charge in [0, 0.05) is 29.8 Å². The first-order valence-corrected chi connectivity index (χ1v) is 9.56. The lowest BCUT2D eigenvalue weighted by molar-refractivity contribution is -0.0512. The number of ether oxygens (including phenoxy) is 2. The lowest BCUT2D eigenvalue weighted by atomic mass is 10.2. The van der Waals surface area contributed by atoms with E-state index >= 15 is 0 Å². The van der Waals surface area contributed by atoms with Crippen LogP contribution in [0.3, 0.4) is 0 Å². The van der Waals surface area contributed by atoms with Gasteiger partial charge < -0.3 is 14.0 Å². The summed E-state index contributed by atoms with van der Waals surface area (Å²) in [7, 11) is 1.33. The maximum absolute atomic E-state index is 14.1. The van der Waals surface area contributed by atoms with Gasteiger partial charge in [-0.3, -0.25) is 4.90 Å². The summed E-state index contributed by atoms with van der Waals surface area (Å²) in [6, 6.07) is 8.09. The molecule has 0 bridgehead atoms. The van der Waals surface area contributed by atoms with Gasteiger partial charge in [-0.2, -0.15) is 13.8 Å². The van der Waals surface area contributed by atoms with Crippen molar-refractivity contribution in [2.75, 3.05) is 7.11 Å². The van der Waals surface area contributed by atoms with Crippen LogP contribution in [0.1, 0.15) is 24.3 Å². The molecule has 1 saturated carbocycles. The van der Waals surface area contributed by atoms with E-state index in [1.165, 1.54) is 37.4 Å². The van der Waals surface area contributed by atoms with E-state index < -0.39 is 18.2 Å². The van der Waals surface area contributed by atoms with E-state index in [-0.39, 0.29) is 36.5 Å². The van der Waals surface area contributed by atoms with E-state index in [4.69, 9.17) is 9.26 Å². The highest BCUT2D eigenvalue weighted by atomic mass is 19.3. The number of benzene rings is 2. The second kappa shape index (κ2) is 8.93. The van der Waals surface area contributed by atoms with Gasteiger partial charge >= 0.3 is 6.61 Å². The molecule has 1 aromatic heterocycles.